The average molecular weight is 234 g/mol. The van der Waals surface area contributed by atoms with Crippen LogP contribution in [0.4, 0.5) is 0 Å². The summed E-state index contributed by atoms with van der Waals surface area (Å²) in [6, 6.07) is 0. The molecule has 2 atom stereocenters. The van der Waals surface area contributed by atoms with Crippen LogP contribution in [0.25, 0.3) is 0 Å². The molecule has 0 fully saturated rings. The van der Waals surface area contributed by atoms with Crippen molar-refractivity contribution in [3.63, 3.8) is 0 Å². The summed E-state index contributed by atoms with van der Waals surface area (Å²) >= 11 is 3.28. The quantitative estimate of drug-likeness (QED) is 0.832. The van der Waals surface area contributed by atoms with Crippen molar-refractivity contribution in [2.24, 2.45) is 7.05 Å². The van der Waals surface area contributed by atoms with Gasteiger partial charge in [-0.1, -0.05) is 12.1 Å². The summed E-state index contributed by atoms with van der Waals surface area (Å²) < 4.78 is 2.37. The second-order valence-electron chi connectivity index (χ2n) is 2.92. The van der Waals surface area contributed by atoms with Crippen LogP contribution in [0.3, 0.4) is 0 Å². The first-order valence-electron chi connectivity index (χ1n) is 3.77. The molecule has 0 spiro atoms. The summed E-state index contributed by atoms with van der Waals surface area (Å²) in [5.74, 6) is 0.0411. The molecule has 0 saturated carbocycles. The Morgan fingerprint density at radius 3 is 2.42 bits per heavy atom. The third-order valence-corrected chi connectivity index (χ3v) is 2.55. The zero-order chi connectivity index (χ0) is 9.30. The fraction of sp³-hybridized carbons (Fsp3) is 0.714. The number of hydrogen-bond donors (Lipinski definition) is 1. The molecular formula is C7H12BrN3O. The molecule has 1 rings (SSSR count). The number of rotatable bonds is 2. The summed E-state index contributed by atoms with van der Waals surface area (Å²) in [6.45, 7) is 3.69. The van der Waals surface area contributed by atoms with Crippen LogP contribution < -0.4 is 0 Å². The summed E-state index contributed by atoms with van der Waals surface area (Å²) in [4.78, 5) is 0. The van der Waals surface area contributed by atoms with Crippen molar-refractivity contribution in [3.05, 3.63) is 10.3 Å². The van der Waals surface area contributed by atoms with Gasteiger partial charge < -0.3 is 5.11 Å². The fourth-order valence-corrected chi connectivity index (χ4v) is 1.74. The molecule has 5 heteroatoms. The molecule has 0 aromatic carbocycles. The number of aryl methyl sites for hydroxylation is 1. The molecule has 1 N–H and O–H groups in total. The standard InChI is InChI=1S/C7H12BrN3O/c1-4(5(2)12)6-7(8)9-10-11(6)3/h4-5,12H,1-3H3. The molecule has 0 bridgehead atoms. The van der Waals surface area contributed by atoms with Crippen LogP contribution in [0.5, 0.6) is 0 Å². The Morgan fingerprint density at radius 2 is 2.08 bits per heavy atom. The number of halogens is 1. The lowest BCUT2D eigenvalue weighted by Crippen LogP contribution is -2.15. The highest BCUT2D eigenvalue weighted by molar-refractivity contribution is 9.10. The van der Waals surface area contributed by atoms with Crippen molar-refractivity contribution in [2.45, 2.75) is 25.9 Å². The molecule has 0 aliphatic carbocycles. The molecule has 12 heavy (non-hydrogen) atoms. The molecule has 1 aromatic heterocycles. The maximum absolute atomic E-state index is 9.35. The Kier molecular flexibility index (Phi) is 2.85. The van der Waals surface area contributed by atoms with Crippen LogP contribution in [-0.4, -0.2) is 26.2 Å². The van der Waals surface area contributed by atoms with Crippen molar-refractivity contribution in [1.82, 2.24) is 15.0 Å². The molecule has 0 aliphatic heterocycles. The zero-order valence-corrected chi connectivity index (χ0v) is 8.91. The third-order valence-electron chi connectivity index (χ3n) is 1.98. The van der Waals surface area contributed by atoms with Gasteiger partial charge in [0.25, 0.3) is 0 Å². The maximum Gasteiger partial charge on any atom is 0.151 e. The number of aliphatic hydroxyl groups excluding tert-OH is 1. The number of aliphatic hydroxyl groups is 1. The summed E-state index contributed by atoms with van der Waals surface area (Å²) in [7, 11) is 1.81. The van der Waals surface area contributed by atoms with E-state index in [1.54, 1.807) is 11.6 Å². The lowest BCUT2D eigenvalue weighted by Gasteiger charge is -2.14. The largest absolute Gasteiger partial charge is 0.393 e. The molecule has 0 radical (unpaired) electrons. The van der Waals surface area contributed by atoms with E-state index in [2.05, 4.69) is 26.2 Å². The number of aromatic nitrogens is 3. The fourth-order valence-electron chi connectivity index (χ4n) is 1.05. The minimum absolute atomic E-state index is 0.0411. The van der Waals surface area contributed by atoms with Crippen LogP contribution in [0.2, 0.25) is 0 Å². The maximum atomic E-state index is 9.35. The van der Waals surface area contributed by atoms with E-state index in [0.717, 1.165) is 5.69 Å². The first-order chi connectivity index (χ1) is 5.54. The first-order valence-corrected chi connectivity index (χ1v) is 4.56. The number of hydrogen-bond acceptors (Lipinski definition) is 3. The van der Waals surface area contributed by atoms with Gasteiger partial charge in [-0.15, -0.1) is 5.10 Å². The highest BCUT2D eigenvalue weighted by Crippen LogP contribution is 2.24. The molecule has 1 heterocycles. The van der Waals surface area contributed by atoms with Gasteiger partial charge in [0.05, 0.1) is 11.8 Å². The normalized spacial score (nSPS) is 16.1. The molecule has 1 aromatic rings. The predicted molar refractivity (Wildman–Crippen MR) is 48.8 cm³/mol. The second-order valence-corrected chi connectivity index (χ2v) is 3.67. The Balaban J connectivity index is 3.00. The number of nitrogens with zero attached hydrogens (tertiary/aromatic N) is 3. The van der Waals surface area contributed by atoms with Crippen LogP contribution in [0.1, 0.15) is 25.5 Å². The average Bonchev–Trinajstić information content (AvgIpc) is 2.30. The van der Waals surface area contributed by atoms with Crippen molar-refractivity contribution >= 4 is 15.9 Å². The van der Waals surface area contributed by atoms with Crippen molar-refractivity contribution in [3.8, 4) is 0 Å². The lowest BCUT2D eigenvalue weighted by molar-refractivity contribution is 0.165. The molecule has 4 nitrogen and oxygen atoms in total. The van der Waals surface area contributed by atoms with Gasteiger partial charge in [-0.3, -0.25) is 4.68 Å². The van der Waals surface area contributed by atoms with Crippen molar-refractivity contribution in [2.75, 3.05) is 0 Å². The van der Waals surface area contributed by atoms with Gasteiger partial charge >= 0.3 is 0 Å². The van der Waals surface area contributed by atoms with E-state index in [4.69, 9.17) is 0 Å². The smallest absolute Gasteiger partial charge is 0.151 e. The monoisotopic (exact) mass is 233 g/mol. The van der Waals surface area contributed by atoms with Crippen LogP contribution in [0.15, 0.2) is 4.60 Å². The molecule has 68 valence electrons. The van der Waals surface area contributed by atoms with Gasteiger partial charge in [0.2, 0.25) is 0 Å². The van der Waals surface area contributed by atoms with E-state index >= 15 is 0 Å². The summed E-state index contributed by atoms with van der Waals surface area (Å²) in [5, 5.41) is 17.0. The highest BCUT2D eigenvalue weighted by atomic mass is 79.9. The Labute approximate surface area is 79.7 Å². The van der Waals surface area contributed by atoms with Crippen molar-refractivity contribution < 1.29 is 5.11 Å². The third kappa shape index (κ3) is 1.67. The van der Waals surface area contributed by atoms with E-state index in [1.807, 2.05) is 14.0 Å². The van der Waals surface area contributed by atoms with Crippen LogP contribution in [0, 0.1) is 0 Å². The topological polar surface area (TPSA) is 50.9 Å². The van der Waals surface area contributed by atoms with E-state index < -0.39 is 6.10 Å². The van der Waals surface area contributed by atoms with Gasteiger partial charge in [0.15, 0.2) is 4.60 Å². The van der Waals surface area contributed by atoms with E-state index in [-0.39, 0.29) is 5.92 Å². The zero-order valence-electron chi connectivity index (χ0n) is 7.32. The minimum atomic E-state index is -0.390. The summed E-state index contributed by atoms with van der Waals surface area (Å²) in [5.41, 5.74) is 0.921. The van der Waals surface area contributed by atoms with E-state index in [0.29, 0.717) is 4.60 Å². The SMILES string of the molecule is CC(O)C(C)c1c(Br)nnn1C. The molecule has 2 unspecified atom stereocenters. The molecule has 0 saturated heterocycles. The second kappa shape index (κ2) is 3.53. The molecule has 0 amide bonds. The van der Waals surface area contributed by atoms with Gasteiger partial charge in [-0.25, -0.2) is 0 Å². The van der Waals surface area contributed by atoms with Crippen LogP contribution in [-0.2, 0) is 7.05 Å². The first kappa shape index (κ1) is 9.67. The Morgan fingerprint density at radius 1 is 1.50 bits per heavy atom. The van der Waals surface area contributed by atoms with Crippen LogP contribution >= 0.6 is 15.9 Å². The Bertz CT molecular complexity index is 252. The van der Waals surface area contributed by atoms with Gasteiger partial charge in [0, 0.05) is 13.0 Å². The Hall–Kier alpha value is -0.420. The summed E-state index contributed by atoms with van der Waals surface area (Å²) in [6.07, 6.45) is -0.390. The molecule has 0 aliphatic rings. The lowest BCUT2D eigenvalue weighted by atomic mass is 10.0. The van der Waals surface area contributed by atoms with E-state index in [1.165, 1.54) is 0 Å². The van der Waals surface area contributed by atoms with Crippen molar-refractivity contribution in [1.29, 1.82) is 0 Å². The van der Waals surface area contributed by atoms with Gasteiger partial charge in [0.1, 0.15) is 0 Å². The molecular weight excluding hydrogens is 222 g/mol. The van der Waals surface area contributed by atoms with Gasteiger partial charge in [-0.2, -0.15) is 0 Å². The predicted octanol–water partition coefficient (Wildman–Crippen LogP) is 1.06. The minimum Gasteiger partial charge on any atom is -0.393 e. The van der Waals surface area contributed by atoms with E-state index in [9.17, 15) is 5.11 Å². The van der Waals surface area contributed by atoms with Gasteiger partial charge in [-0.05, 0) is 22.9 Å². The highest BCUT2D eigenvalue weighted by Gasteiger charge is 2.19.